The van der Waals surface area contributed by atoms with E-state index in [9.17, 15) is 5.21 Å². The second-order valence-corrected chi connectivity index (χ2v) is 5.06. The lowest BCUT2D eigenvalue weighted by Gasteiger charge is -2.21. The minimum Gasteiger partial charge on any atom is -0.342 e. The molecule has 0 aliphatic carbocycles. The fourth-order valence-electron chi connectivity index (χ4n) is 0.814. The van der Waals surface area contributed by atoms with Gasteiger partial charge in [0.15, 0.2) is 0 Å². The zero-order valence-corrected chi connectivity index (χ0v) is 11.1. The Morgan fingerprint density at radius 2 is 2.06 bits per heavy atom. The van der Waals surface area contributed by atoms with Crippen LogP contribution in [0.15, 0.2) is 5.28 Å². The molecule has 0 aromatic heterocycles. The van der Waals surface area contributed by atoms with Gasteiger partial charge in [-0.3, -0.25) is 0 Å². The lowest BCUT2D eigenvalue weighted by molar-refractivity contribution is -0.946. The van der Waals surface area contributed by atoms with Crippen LogP contribution in [0.25, 0.3) is 0 Å². The molecule has 0 saturated heterocycles. The standard InChI is InChI=1S/C11H25N3O2/c1-7-10(2)8-9-16-12-14(15)13(6)11(3,4)5/h10H,1,7-9H2,2-6H3,(H,12,15)/q+1. The number of hydrogen-bond donors (Lipinski definition) is 1. The fraction of sp³-hybridized carbons (Fsp3) is 0.909. The topological polar surface area (TPSA) is 48.1 Å². The second kappa shape index (κ2) is 6.55. The molecule has 16 heavy (non-hydrogen) atoms. The molecule has 0 aromatic carbocycles. The van der Waals surface area contributed by atoms with Crippen LogP contribution in [0.1, 0.15) is 40.5 Å². The molecule has 1 atom stereocenters. The second-order valence-electron chi connectivity index (χ2n) is 5.06. The molecule has 0 aliphatic rings. The van der Waals surface area contributed by atoms with Crippen molar-refractivity contribution in [1.29, 1.82) is 0 Å². The van der Waals surface area contributed by atoms with E-state index in [-0.39, 0.29) is 5.54 Å². The summed E-state index contributed by atoms with van der Waals surface area (Å²) < 4.78 is 0. The quantitative estimate of drug-likeness (QED) is 0.331. The van der Waals surface area contributed by atoms with Crippen molar-refractivity contribution in [3.63, 3.8) is 0 Å². The molecule has 0 fully saturated rings. The summed E-state index contributed by atoms with van der Waals surface area (Å²) >= 11 is 0. The normalized spacial score (nSPS) is 14.8. The third kappa shape index (κ3) is 5.78. The van der Waals surface area contributed by atoms with Crippen LogP contribution in [0.5, 0.6) is 0 Å². The predicted octanol–water partition coefficient (Wildman–Crippen LogP) is 2.67. The number of rotatable bonds is 6. The summed E-state index contributed by atoms with van der Waals surface area (Å²) in [7, 11) is 1.74. The first kappa shape index (κ1) is 15.0. The van der Waals surface area contributed by atoms with E-state index in [1.807, 2.05) is 20.8 Å². The van der Waals surface area contributed by atoms with Crippen LogP contribution >= 0.6 is 0 Å². The molecule has 1 radical (unpaired) electrons. The predicted molar refractivity (Wildman–Crippen MR) is 61.7 cm³/mol. The maximum atomic E-state index is 9.53. The SMILES string of the molecule is [CH2]CC(C)CCO/N=[N+](\O)N(C)C(C)(C)C. The van der Waals surface area contributed by atoms with Crippen molar-refractivity contribution in [3.8, 4) is 0 Å². The summed E-state index contributed by atoms with van der Waals surface area (Å²) in [6, 6.07) is 0. The van der Waals surface area contributed by atoms with Gasteiger partial charge >= 0.3 is 0 Å². The van der Waals surface area contributed by atoms with Crippen molar-refractivity contribution in [2.45, 2.75) is 46.1 Å². The van der Waals surface area contributed by atoms with Crippen LogP contribution in [-0.4, -0.2) is 34.4 Å². The molecule has 0 aromatic rings. The first-order valence-corrected chi connectivity index (χ1v) is 5.64. The molecule has 1 unspecified atom stereocenters. The lowest BCUT2D eigenvalue weighted by Crippen LogP contribution is -2.43. The van der Waals surface area contributed by atoms with Gasteiger partial charge < -0.3 is 4.84 Å². The number of hydrazine groups is 1. The van der Waals surface area contributed by atoms with Gasteiger partial charge in [0.05, 0.1) is 12.6 Å². The zero-order chi connectivity index (χ0) is 12.8. The highest BCUT2D eigenvalue weighted by Crippen LogP contribution is 2.10. The molecule has 0 saturated carbocycles. The lowest BCUT2D eigenvalue weighted by atomic mass is 10.1. The Morgan fingerprint density at radius 1 is 1.50 bits per heavy atom. The Labute approximate surface area is 98.6 Å². The summed E-state index contributed by atoms with van der Waals surface area (Å²) in [6.45, 7) is 12.3. The van der Waals surface area contributed by atoms with Crippen molar-refractivity contribution in [3.05, 3.63) is 6.92 Å². The maximum absolute atomic E-state index is 9.53. The van der Waals surface area contributed by atoms with E-state index in [1.54, 1.807) is 12.1 Å². The molecule has 0 amide bonds. The fourth-order valence-corrected chi connectivity index (χ4v) is 0.814. The van der Waals surface area contributed by atoms with Crippen LogP contribution < -0.4 is 0 Å². The average Bonchev–Trinajstić information content (AvgIpc) is 2.21. The molecule has 0 heterocycles. The average molecular weight is 231 g/mol. The Kier molecular flexibility index (Phi) is 6.14. The van der Waals surface area contributed by atoms with Crippen LogP contribution in [0.4, 0.5) is 0 Å². The molecule has 1 N–H and O–H groups in total. The van der Waals surface area contributed by atoms with Crippen molar-refractivity contribution in [2.75, 3.05) is 13.7 Å². The van der Waals surface area contributed by atoms with Gasteiger partial charge in [-0.05, 0) is 33.1 Å². The maximum Gasteiger partial charge on any atom is 0.274 e. The van der Waals surface area contributed by atoms with Gasteiger partial charge in [-0.25, -0.2) is 5.21 Å². The third-order valence-electron chi connectivity index (χ3n) is 2.56. The molecular formula is C11H25N3O2+. The molecule has 0 aliphatic heterocycles. The highest BCUT2D eigenvalue weighted by Gasteiger charge is 2.28. The van der Waals surface area contributed by atoms with E-state index in [2.05, 4.69) is 19.1 Å². The number of hydrogen-bond acceptors (Lipinski definition) is 2. The number of nitrogens with zero attached hydrogens (tertiary/aromatic N) is 3. The van der Waals surface area contributed by atoms with Gasteiger partial charge in [-0.15, -0.1) is 5.01 Å². The van der Waals surface area contributed by atoms with Crippen molar-refractivity contribution >= 4 is 0 Å². The minimum absolute atomic E-state index is 0.206. The third-order valence-corrected chi connectivity index (χ3v) is 2.56. The van der Waals surface area contributed by atoms with Crippen LogP contribution in [0.2, 0.25) is 0 Å². The molecule has 5 heteroatoms. The van der Waals surface area contributed by atoms with E-state index in [0.717, 1.165) is 17.8 Å². The Balaban J connectivity index is 3.96. The van der Waals surface area contributed by atoms with E-state index in [0.29, 0.717) is 12.5 Å². The van der Waals surface area contributed by atoms with E-state index in [1.165, 1.54) is 0 Å². The molecule has 5 nitrogen and oxygen atoms in total. The van der Waals surface area contributed by atoms with Crippen LogP contribution in [-0.2, 0) is 4.84 Å². The Bertz CT molecular complexity index is 224. The monoisotopic (exact) mass is 231 g/mol. The van der Waals surface area contributed by atoms with Gasteiger partial charge in [0.25, 0.3) is 10.2 Å². The van der Waals surface area contributed by atoms with Gasteiger partial charge in [-0.1, -0.05) is 20.3 Å². The smallest absolute Gasteiger partial charge is 0.274 e. The van der Waals surface area contributed by atoms with Crippen molar-refractivity contribution in [1.82, 2.24) is 5.01 Å². The molecule has 0 spiro atoms. The Hall–Kier alpha value is -1.00. The van der Waals surface area contributed by atoms with Crippen molar-refractivity contribution in [2.24, 2.45) is 11.2 Å². The zero-order valence-electron chi connectivity index (χ0n) is 11.1. The van der Waals surface area contributed by atoms with E-state index < -0.39 is 0 Å². The Morgan fingerprint density at radius 3 is 2.50 bits per heavy atom. The molecule has 0 rings (SSSR count). The summed E-state index contributed by atoms with van der Waals surface area (Å²) in [4.78, 5) is 5.75. The first-order valence-electron chi connectivity index (χ1n) is 5.64. The highest BCUT2D eigenvalue weighted by atomic mass is 16.7. The molecule has 95 valence electrons. The summed E-state index contributed by atoms with van der Waals surface area (Å²) in [6.07, 6.45) is 1.77. The largest absolute Gasteiger partial charge is 0.342 e. The van der Waals surface area contributed by atoms with E-state index >= 15 is 0 Å². The van der Waals surface area contributed by atoms with Crippen molar-refractivity contribution < 1.29 is 15.0 Å². The molecular weight excluding hydrogens is 206 g/mol. The first-order chi connectivity index (χ1) is 7.29. The van der Waals surface area contributed by atoms with Gasteiger partial charge in [0.1, 0.15) is 6.61 Å². The minimum atomic E-state index is -0.206. The van der Waals surface area contributed by atoms with Crippen LogP contribution in [0, 0.1) is 12.8 Å². The van der Waals surface area contributed by atoms with Gasteiger partial charge in [0.2, 0.25) is 0 Å². The van der Waals surface area contributed by atoms with E-state index in [4.69, 9.17) is 4.84 Å². The van der Waals surface area contributed by atoms with Gasteiger partial charge in [-0.2, -0.15) is 0 Å². The van der Waals surface area contributed by atoms with Crippen LogP contribution in [0.3, 0.4) is 0 Å². The van der Waals surface area contributed by atoms with Gasteiger partial charge in [0, 0.05) is 0 Å². The highest BCUT2D eigenvalue weighted by molar-refractivity contribution is 4.64. The summed E-state index contributed by atoms with van der Waals surface area (Å²) in [5.74, 6) is 0.516. The summed E-state index contributed by atoms with van der Waals surface area (Å²) in [5, 5.41) is 14.7. The summed E-state index contributed by atoms with van der Waals surface area (Å²) in [5.41, 5.74) is -0.206. The molecule has 0 bridgehead atoms.